The number of hydrogen-bond donors (Lipinski definition) is 3. The summed E-state index contributed by atoms with van der Waals surface area (Å²) in [6, 6.07) is 6.07. The van der Waals surface area contributed by atoms with E-state index in [4.69, 9.17) is 9.47 Å². The lowest BCUT2D eigenvalue weighted by Gasteiger charge is -2.13. The second-order valence-corrected chi connectivity index (χ2v) is 5.44. The van der Waals surface area contributed by atoms with E-state index in [-0.39, 0.29) is 36.4 Å². The molecule has 0 fully saturated rings. The van der Waals surface area contributed by atoms with Gasteiger partial charge in [0.05, 0.1) is 26.3 Å². The lowest BCUT2D eigenvalue weighted by atomic mass is 10.1. The Morgan fingerprint density at radius 3 is 2.62 bits per heavy atom. The molecule has 0 saturated carbocycles. The van der Waals surface area contributed by atoms with E-state index < -0.39 is 0 Å². The van der Waals surface area contributed by atoms with E-state index in [0.717, 1.165) is 16.9 Å². The van der Waals surface area contributed by atoms with Crippen molar-refractivity contribution in [3.05, 3.63) is 29.3 Å². The van der Waals surface area contributed by atoms with Gasteiger partial charge in [-0.2, -0.15) is 0 Å². The number of rotatable bonds is 10. The highest BCUT2D eigenvalue weighted by molar-refractivity contribution is 14.0. The molecule has 26 heavy (non-hydrogen) atoms. The fourth-order valence-corrected chi connectivity index (χ4v) is 2.11. The summed E-state index contributed by atoms with van der Waals surface area (Å²) in [4.78, 5) is 16.3. The largest absolute Gasteiger partial charge is 0.494 e. The van der Waals surface area contributed by atoms with E-state index >= 15 is 0 Å². The molecule has 1 amide bonds. The first kappa shape index (κ1) is 24.5. The Morgan fingerprint density at radius 1 is 1.19 bits per heavy atom. The van der Waals surface area contributed by atoms with Crippen molar-refractivity contribution in [2.75, 3.05) is 40.0 Å². The molecule has 0 heterocycles. The van der Waals surface area contributed by atoms with E-state index in [1.165, 1.54) is 0 Å². The smallest absolute Gasteiger partial charge is 0.239 e. The number of guanidine groups is 1. The Hall–Kier alpha value is -1.55. The van der Waals surface area contributed by atoms with Gasteiger partial charge >= 0.3 is 0 Å². The molecule has 148 valence electrons. The molecule has 0 atom stereocenters. The van der Waals surface area contributed by atoms with Crippen molar-refractivity contribution in [1.29, 1.82) is 0 Å². The minimum absolute atomic E-state index is 0. The van der Waals surface area contributed by atoms with Crippen LogP contribution in [0, 0.1) is 6.92 Å². The average molecular weight is 478 g/mol. The number of hydrogen-bond acceptors (Lipinski definition) is 4. The first-order valence-corrected chi connectivity index (χ1v) is 8.60. The molecule has 1 aromatic carbocycles. The molecule has 3 N–H and O–H groups in total. The summed E-state index contributed by atoms with van der Waals surface area (Å²) < 4.78 is 10.6. The number of carbonyl (C=O) groups is 1. The van der Waals surface area contributed by atoms with Crippen LogP contribution in [0.25, 0.3) is 0 Å². The van der Waals surface area contributed by atoms with Gasteiger partial charge in [-0.1, -0.05) is 12.1 Å². The van der Waals surface area contributed by atoms with Gasteiger partial charge in [0.15, 0.2) is 5.96 Å². The highest BCUT2D eigenvalue weighted by atomic mass is 127. The van der Waals surface area contributed by atoms with Crippen LogP contribution in [-0.4, -0.2) is 51.8 Å². The molecule has 0 bridgehead atoms. The highest BCUT2D eigenvalue weighted by Crippen LogP contribution is 2.21. The van der Waals surface area contributed by atoms with Gasteiger partial charge in [-0.05, 0) is 32.4 Å². The molecule has 0 unspecified atom stereocenters. The number of aliphatic imine (C=N–C) groups is 1. The van der Waals surface area contributed by atoms with E-state index in [1.54, 1.807) is 7.11 Å². The van der Waals surface area contributed by atoms with Crippen LogP contribution >= 0.6 is 24.0 Å². The fourth-order valence-electron chi connectivity index (χ4n) is 2.11. The summed E-state index contributed by atoms with van der Waals surface area (Å²) in [6.07, 6.45) is 0. The number of ether oxygens (including phenoxy) is 2. The number of methoxy groups -OCH3 is 1. The summed E-state index contributed by atoms with van der Waals surface area (Å²) in [7, 11) is 1.60. The van der Waals surface area contributed by atoms with Crippen molar-refractivity contribution in [3.8, 4) is 5.75 Å². The van der Waals surface area contributed by atoms with Crippen LogP contribution in [0.15, 0.2) is 23.2 Å². The topological polar surface area (TPSA) is 84.0 Å². The predicted octanol–water partition coefficient (Wildman–Crippen LogP) is 1.83. The molecule has 0 aliphatic carbocycles. The van der Waals surface area contributed by atoms with Gasteiger partial charge in [0.25, 0.3) is 0 Å². The van der Waals surface area contributed by atoms with Gasteiger partial charge in [0.2, 0.25) is 5.91 Å². The number of halogens is 1. The Labute approximate surface area is 173 Å². The van der Waals surface area contributed by atoms with Gasteiger partial charge in [0, 0.05) is 25.8 Å². The number of nitrogens with one attached hydrogen (secondary N) is 3. The van der Waals surface area contributed by atoms with E-state index in [1.807, 2.05) is 39.0 Å². The maximum atomic E-state index is 11.7. The summed E-state index contributed by atoms with van der Waals surface area (Å²) >= 11 is 0. The average Bonchev–Trinajstić information content (AvgIpc) is 2.59. The van der Waals surface area contributed by atoms with Crippen LogP contribution in [-0.2, 0) is 16.1 Å². The third-order valence-electron chi connectivity index (χ3n) is 3.32. The molecule has 0 aromatic heterocycles. The molecule has 1 aromatic rings. The van der Waals surface area contributed by atoms with Crippen LogP contribution in [0.5, 0.6) is 5.75 Å². The number of nitrogens with zero attached hydrogens (tertiary/aromatic N) is 1. The van der Waals surface area contributed by atoms with Crippen LogP contribution in [0.1, 0.15) is 25.0 Å². The SMILES string of the molecule is CCNC(=NCc1ccc(C)cc1OCC)NCC(=O)NCCOC.I. The number of aryl methyl sites for hydroxylation is 1. The Kier molecular flexibility index (Phi) is 13.7. The quantitative estimate of drug-likeness (QED) is 0.207. The Bertz CT molecular complexity index is 567. The molecular formula is C18H31IN4O3. The lowest BCUT2D eigenvalue weighted by molar-refractivity contribution is -0.120. The van der Waals surface area contributed by atoms with Gasteiger partial charge in [-0.3, -0.25) is 4.79 Å². The van der Waals surface area contributed by atoms with E-state index in [9.17, 15) is 4.79 Å². The zero-order valence-corrected chi connectivity index (χ0v) is 18.4. The van der Waals surface area contributed by atoms with Gasteiger partial charge in [0.1, 0.15) is 5.75 Å². The fraction of sp³-hybridized carbons (Fsp3) is 0.556. The predicted molar refractivity (Wildman–Crippen MR) is 115 cm³/mol. The maximum Gasteiger partial charge on any atom is 0.239 e. The van der Waals surface area contributed by atoms with Crippen molar-refractivity contribution in [2.24, 2.45) is 4.99 Å². The lowest BCUT2D eigenvalue weighted by Crippen LogP contribution is -2.43. The monoisotopic (exact) mass is 478 g/mol. The Balaban J connectivity index is 0.00000625. The van der Waals surface area contributed by atoms with Gasteiger partial charge in [-0.15, -0.1) is 24.0 Å². The highest BCUT2D eigenvalue weighted by Gasteiger charge is 2.06. The zero-order chi connectivity index (χ0) is 18.5. The first-order valence-electron chi connectivity index (χ1n) is 8.60. The molecular weight excluding hydrogens is 447 g/mol. The third-order valence-corrected chi connectivity index (χ3v) is 3.32. The van der Waals surface area contributed by atoms with Gasteiger partial charge in [-0.25, -0.2) is 4.99 Å². The number of benzene rings is 1. The molecule has 7 nitrogen and oxygen atoms in total. The van der Waals surface area contributed by atoms with Crippen molar-refractivity contribution in [1.82, 2.24) is 16.0 Å². The zero-order valence-electron chi connectivity index (χ0n) is 16.1. The molecule has 8 heteroatoms. The standard InChI is InChI=1S/C18H30N4O3.HI/c1-5-19-18(22-13-17(23)20-9-10-24-4)21-12-15-8-7-14(3)11-16(15)25-6-2;/h7-8,11H,5-6,9-10,12-13H2,1-4H3,(H,20,23)(H2,19,21,22);1H. The van der Waals surface area contributed by atoms with Crippen LogP contribution < -0.4 is 20.7 Å². The van der Waals surface area contributed by atoms with Crippen LogP contribution in [0.3, 0.4) is 0 Å². The molecule has 0 spiro atoms. The number of amides is 1. The summed E-state index contributed by atoms with van der Waals surface area (Å²) in [5.74, 6) is 1.33. The maximum absolute atomic E-state index is 11.7. The normalized spacial score (nSPS) is 10.7. The molecule has 0 radical (unpaired) electrons. The summed E-state index contributed by atoms with van der Waals surface area (Å²) in [6.45, 7) is 8.90. The minimum Gasteiger partial charge on any atom is -0.494 e. The van der Waals surface area contributed by atoms with Crippen molar-refractivity contribution in [3.63, 3.8) is 0 Å². The third kappa shape index (κ3) is 9.81. The molecule has 0 saturated heterocycles. The van der Waals surface area contributed by atoms with Crippen LogP contribution in [0.4, 0.5) is 0 Å². The van der Waals surface area contributed by atoms with Crippen molar-refractivity contribution in [2.45, 2.75) is 27.3 Å². The van der Waals surface area contributed by atoms with Gasteiger partial charge < -0.3 is 25.4 Å². The minimum atomic E-state index is -0.104. The molecule has 0 aliphatic heterocycles. The van der Waals surface area contributed by atoms with Crippen LogP contribution in [0.2, 0.25) is 0 Å². The first-order chi connectivity index (χ1) is 12.1. The summed E-state index contributed by atoms with van der Waals surface area (Å²) in [5.41, 5.74) is 2.16. The second-order valence-electron chi connectivity index (χ2n) is 5.44. The molecule has 1 rings (SSSR count). The summed E-state index contributed by atoms with van der Waals surface area (Å²) in [5, 5.41) is 8.92. The van der Waals surface area contributed by atoms with Crippen molar-refractivity contribution < 1.29 is 14.3 Å². The van der Waals surface area contributed by atoms with E-state index in [2.05, 4.69) is 20.9 Å². The van der Waals surface area contributed by atoms with Crippen molar-refractivity contribution >= 4 is 35.8 Å². The molecule has 0 aliphatic rings. The Morgan fingerprint density at radius 2 is 1.96 bits per heavy atom. The number of carbonyl (C=O) groups excluding carboxylic acids is 1. The van der Waals surface area contributed by atoms with E-state index in [0.29, 0.717) is 38.8 Å². The second kappa shape index (κ2) is 14.6.